The van der Waals surface area contributed by atoms with Crippen molar-refractivity contribution in [3.05, 3.63) is 35.9 Å². The van der Waals surface area contributed by atoms with Gasteiger partial charge in [0, 0.05) is 19.2 Å². The van der Waals surface area contributed by atoms with Crippen LogP contribution >= 0.6 is 0 Å². The molecular formula is C14H17NO3. The molecular weight excluding hydrogens is 230 g/mol. The van der Waals surface area contributed by atoms with E-state index in [0.717, 1.165) is 11.3 Å². The van der Waals surface area contributed by atoms with Crippen LogP contribution < -0.4 is 4.74 Å². The van der Waals surface area contributed by atoms with Crippen LogP contribution in [0.1, 0.15) is 5.56 Å². The van der Waals surface area contributed by atoms with Crippen LogP contribution in [0, 0.1) is 0 Å². The molecule has 4 nitrogen and oxygen atoms in total. The largest absolute Gasteiger partial charge is 0.497 e. The quantitative estimate of drug-likeness (QED) is 0.761. The van der Waals surface area contributed by atoms with Gasteiger partial charge in [0.15, 0.2) is 0 Å². The number of morpholine rings is 1. The van der Waals surface area contributed by atoms with E-state index in [9.17, 15) is 4.79 Å². The predicted octanol–water partition coefficient (Wildman–Crippen LogP) is 1.57. The molecule has 0 atom stereocenters. The van der Waals surface area contributed by atoms with Gasteiger partial charge in [-0.05, 0) is 23.8 Å². The molecule has 18 heavy (non-hydrogen) atoms. The Morgan fingerprint density at radius 3 is 2.89 bits per heavy atom. The SMILES string of the molecule is COc1cccc(/C=C\C(=O)N2CCOCC2)c1. The Morgan fingerprint density at radius 2 is 2.17 bits per heavy atom. The first kappa shape index (κ1) is 12.6. The number of hydrogen-bond donors (Lipinski definition) is 0. The Morgan fingerprint density at radius 1 is 1.39 bits per heavy atom. The molecule has 1 aromatic carbocycles. The number of hydrogen-bond acceptors (Lipinski definition) is 3. The zero-order chi connectivity index (χ0) is 12.8. The van der Waals surface area contributed by atoms with E-state index in [-0.39, 0.29) is 5.91 Å². The van der Waals surface area contributed by atoms with E-state index >= 15 is 0 Å². The highest BCUT2D eigenvalue weighted by molar-refractivity contribution is 5.91. The Hall–Kier alpha value is -1.81. The van der Waals surface area contributed by atoms with Crippen molar-refractivity contribution in [2.45, 2.75) is 0 Å². The first-order valence-corrected chi connectivity index (χ1v) is 5.98. The zero-order valence-corrected chi connectivity index (χ0v) is 10.5. The third-order valence-electron chi connectivity index (χ3n) is 2.83. The molecule has 1 heterocycles. The second-order valence-electron chi connectivity index (χ2n) is 4.05. The zero-order valence-electron chi connectivity index (χ0n) is 10.5. The van der Waals surface area contributed by atoms with E-state index in [2.05, 4.69) is 0 Å². The number of methoxy groups -OCH3 is 1. The molecule has 1 aromatic rings. The monoisotopic (exact) mass is 247 g/mol. The first-order valence-electron chi connectivity index (χ1n) is 5.98. The lowest BCUT2D eigenvalue weighted by Crippen LogP contribution is -2.39. The summed E-state index contributed by atoms with van der Waals surface area (Å²) in [6.45, 7) is 2.58. The molecule has 0 saturated carbocycles. The Kier molecular flexibility index (Phi) is 4.36. The average molecular weight is 247 g/mol. The van der Waals surface area contributed by atoms with Gasteiger partial charge in [0.2, 0.25) is 5.91 Å². The fourth-order valence-electron chi connectivity index (χ4n) is 1.80. The normalized spacial score (nSPS) is 15.9. The van der Waals surface area contributed by atoms with Crippen LogP contribution in [0.15, 0.2) is 30.3 Å². The van der Waals surface area contributed by atoms with Gasteiger partial charge in [-0.3, -0.25) is 4.79 Å². The van der Waals surface area contributed by atoms with Crippen LogP contribution in [0.3, 0.4) is 0 Å². The molecule has 4 heteroatoms. The van der Waals surface area contributed by atoms with Crippen molar-refractivity contribution >= 4 is 12.0 Å². The lowest BCUT2D eigenvalue weighted by Gasteiger charge is -2.25. The fraction of sp³-hybridized carbons (Fsp3) is 0.357. The van der Waals surface area contributed by atoms with Gasteiger partial charge in [-0.15, -0.1) is 0 Å². The molecule has 0 unspecified atom stereocenters. The summed E-state index contributed by atoms with van der Waals surface area (Å²) in [7, 11) is 1.63. The maximum Gasteiger partial charge on any atom is 0.246 e. The molecule has 1 aliphatic rings. The molecule has 1 amide bonds. The summed E-state index contributed by atoms with van der Waals surface area (Å²) >= 11 is 0. The molecule has 1 fully saturated rings. The van der Waals surface area contributed by atoms with Gasteiger partial charge in [-0.1, -0.05) is 12.1 Å². The molecule has 0 aromatic heterocycles. The van der Waals surface area contributed by atoms with Gasteiger partial charge >= 0.3 is 0 Å². The molecule has 1 saturated heterocycles. The number of amides is 1. The molecule has 0 bridgehead atoms. The number of carbonyl (C=O) groups is 1. The Balaban J connectivity index is 1.98. The van der Waals surface area contributed by atoms with E-state index in [0.29, 0.717) is 26.3 Å². The second-order valence-corrected chi connectivity index (χ2v) is 4.05. The lowest BCUT2D eigenvalue weighted by molar-refractivity contribution is -0.129. The summed E-state index contributed by atoms with van der Waals surface area (Å²) in [6.07, 6.45) is 3.40. The summed E-state index contributed by atoms with van der Waals surface area (Å²) in [5.41, 5.74) is 0.955. The Bertz CT molecular complexity index is 436. The smallest absolute Gasteiger partial charge is 0.246 e. The maximum atomic E-state index is 11.9. The van der Waals surface area contributed by atoms with E-state index < -0.39 is 0 Å². The van der Waals surface area contributed by atoms with Crippen LogP contribution in [-0.4, -0.2) is 44.2 Å². The molecule has 0 N–H and O–H groups in total. The topological polar surface area (TPSA) is 38.8 Å². The highest BCUT2D eigenvalue weighted by Gasteiger charge is 2.13. The summed E-state index contributed by atoms with van der Waals surface area (Å²) in [4.78, 5) is 13.7. The predicted molar refractivity (Wildman–Crippen MR) is 69.4 cm³/mol. The highest BCUT2D eigenvalue weighted by atomic mass is 16.5. The summed E-state index contributed by atoms with van der Waals surface area (Å²) < 4.78 is 10.3. The fourth-order valence-corrected chi connectivity index (χ4v) is 1.80. The van der Waals surface area contributed by atoms with Crippen LogP contribution in [0.25, 0.3) is 6.08 Å². The number of carbonyl (C=O) groups excluding carboxylic acids is 1. The van der Waals surface area contributed by atoms with Gasteiger partial charge in [-0.25, -0.2) is 0 Å². The van der Waals surface area contributed by atoms with Crippen molar-refractivity contribution in [1.82, 2.24) is 4.90 Å². The van der Waals surface area contributed by atoms with Gasteiger partial charge in [0.1, 0.15) is 5.75 Å². The summed E-state index contributed by atoms with van der Waals surface area (Å²) in [5, 5.41) is 0. The minimum atomic E-state index is 0.0288. The van der Waals surface area contributed by atoms with E-state index in [4.69, 9.17) is 9.47 Å². The van der Waals surface area contributed by atoms with Crippen molar-refractivity contribution < 1.29 is 14.3 Å². The highest BCUT2D eigenvalue weighted by Crippen LogP contribution is 2.13. The number of rotatable bonds is 3. The molecule has 96 valence electrons. The van der Waals surface area contributed by atoms with Crippen molar-refractivity contribution in [3.8, 4) is 5.75 Å². The molecule has 0 aliphatic carbocycles. The number of benzene rings is 1. The van der Waals surface area contributed by atoms with E-state index in [1.807, 2.05) is 24.3 Å². The molecule has 0 radical (unpaired) electrons. The van der Waals surface area contributed by atoms with Crippen LogP contribution in [0.2, 0.25) is 0 Å². The van der Waals surface area contributed by atoms with E-state index in [1.165, 1.54) is 0 Å². The maximum absolute atomic E-state index is 11.9. The minimum absolute atomic E-state index is 0.0288. The van der Waals surface area contributed by atoms with Crippen molar-refractivity contribution in [1.29, 1.82) is 0 Å². The van der Waals surface area contributed by atoms with Gasteiger partial charge in [-0.2, -0.15) is 0 Å². The number of nitrogens with zero attached hydrogens (tertiary/aromatic N) is 1. The standard InChI is InChI=1S/C14H17NO3/c1-17-13-4-2-3-12(11-13)5-6-14(16)15-7-9-18-10-8-15/h2-6,11H,7-10H2,1H3/b6-5-. The number of ether oxygens (including phenoxy) is 2. The summed E-state index contributed by atoms with van der Waals surface area (Å²) in [5.74, 6) is 0.817. The van der Waals surface area contributed by atoms with Gasteiger partial charge in [0.05, 0.1) is 20.3 Å². The third-order valence-corrected chi connectivity index (χ3v) is 2.83. The van der Waals surface area contributed by atoms with Crippen molar-refractivity contribution in [3.63, 3.8) is 0 Å². The first-order chi connectivity index (χ1) is 8.79. The Labute approximate surface area is 107 Å². The van der Waals surface area contributed by atoms with Gasteiger partial charge < -0.3 is 14.4 Å². The minimum Gasteiger partial charge on any atom is -0.497 e. The lowest BCUT2D eigenvalue weighted by atomic mass is 10.2. The average Bonchev–Trinajstić information content (AvgIpc) is 2.46. The summed E-state index contributed by atoms with van der Waals surface area (Å²) in [6, 6.07) is 7.60. The van der Waals surface area contributed by atoms with Crippen molar-refractivity contribution in [2.75, 3.05) is 33.4 Å². The molecule has 2 rings (SSSR count). The van der Waals surface area contributed by atoms with Crippen molar-refractivity contribution in [2.24, 2.45) is 0 Å². The van der Waals surface area contributed by atoms with E-state index in [1.54, 1.807) is 24.2 Å². The van der Waals surface area contributed by atoms with Crippen LogP contribution in [-0.2, 0) is 9.53 Å². The van der Waals surface area contributed by atoms with Gasteiger partial charge in [0.25, 0.3) is 0 Å². The molecule has 0 spiro atoms. The molecule has 1 aliphatic heterocycles. The van der Waals surface area contributed by atoms with Crippen LogP contribution in [0.5, 0.6) is 5.75 Å². The van der Waals surface area contributed by atoms with Crippen LogP contribution in [0.4, 0.5) is 0 Å². The third kappa shape index (κ3) is 3.34. The second kappa shape index (κ2) is 6.21.